The Balaban J connectivity index is 1.83. The Hall–Kier alpha value is -2.56. The van der Waals surface area contributed by atoms with Crippen molar-refractivity contribution < 1.29 is 14.6 Å². The second-order valence-corrected chi connectivity index (χ2v) is 4.26. The number of hydrogen-bond donors (Lipinski definition) is 1. The Bertz CT molecular complexity index is 617. The van der Waals surface area contributed by atoms with Gasteiger partial charge < -0.3 is 9.84 Å². The molecule has 5 nitrogen and oxygen atoms in total. The summed E-state index contributed by atoms with van der Waals surface area (Å²) in [5.41, 5.74) is 1.16. The largest absolute Gasteiger partial charge is 0.478 e. The van der Waals surface area contributed by atoms with E-state index in [9.17, 15) is 4.79 Å². The number of allylic oxidation sites excluding steroid dienone is 2. The third-order valence-electron chi connectivity index (χ3n) is 2.99. The molecule has 1 aromatic carbocycles. The number of ether oxygens (including phenoxy) is 1. The van der Waals surface area contributed by atoms with Gasteiger partial charge in [-0.15, -0.1) is 0 Å². The van der Waals surface area contributed by atoms with Crippen LogP contribution in [-0.4, -0.2) is 28.9 Å². The zero-order chi connectivity index (χ0) is 13.2. The molecule has 2 aliphatic heterocycles. The van der Waals surface area contributed by atoms with Gasteiger partial charge in [-0.3, -0.25) is 9.89 Å². The predicted octanol–water partition coefficient (Wildman–Crippen LogP) is 2.02. The summed E-state index contributed by atoms with van der Waals surface area (Å²) in [4.78, 5) is 16.9. The van der Waals surface area contributed by atoms with E-state index in [1.165, 1.54) is 0 Å². The van der Waals surface area contributed by atoms with Crippen LogP contribution in [0.2, 0.25) is 0 Å². The summed E-state index contributed by atoms with van der Waals surface area (Å²) in [6.45, 7) is 0.533. The first-order chi connectivity index (χ1) is 9.24. The fourth-order valence-electron chi connectivity index (χ4n) is 2.03. The lowest BCUT2D eigenvalue weighted by Crippen LogP contribution is -2.24. The number of rotatable bonds is 2. The standard InChI is InChI=1S/C14H12N2O3/c17-14(18)11-2-4-12-10(8-11)3-5-13(19-12)16-7-1-6-15-9-16/h1-2,4-8H,3,9H2,(H,17,18). The van der Waals surface area contributed by atoms with Crippen LogP contribution < -0.4 is 4.74 Å². The highest BCUT2D eigenvalue weighted by molar-refractivity contribution is 5.88. The van der Waals surface area contributed by atoms with E-state index in [1.54, 1.807) is 24.4 Å². The molecular formula is C14H12N2O3. The van der Waals surface area contributed by atoms with Crippen molar-refractivity contribution in [1.29, 1.82) is 0 Å². The first-order valence-corrected chi connectivity index (χ1v) is 5.91. The Labute approximate surface area is 110 Å². The molecule has 3 rings (SSSR count). The molecule has 0 amide bonds. The fraction of sp³-hybridized carbons (Fsp3) is 0.143. The number of carbonyl (C=O) groups is 1. The van der Waals surface area contributed by atoms with Gasteiger partial charge in [0.2, 0.25) is 0 Å². The molecule has 0 spiro atoms. The lowest BCUT2D eigenvalue weighted by atomic mass is 10.1. The van der Waals surface area contributed by atoms with Crippen LogP contribution in [-0.2, 0) is 6.42 Å². The van der Waals surface area contributed by atoms with Crippen molar-refractivity contribution in [2.75, 3.05) is 6.67 Å². The molecule has 2 aliphatic rings. The van der Waals surface area contributed by atoms with E-state index in [-0.39, 0.29) is 5.56 Å². The SMILES string of the molecule is O=C(O)c1ccc2c(c1)CC=C(N1C=CC=NC1)O2. The second-order valence-electron chi connectivity index (χ2n) is 4.26. The molecule has 19 heavy (non-hydrogen) atoms. The molecule has 1 N–H and O–H groups in total. The summed E-state index contributed by atoms with van der Waals surface area (Å²) in [5, 5.41) is 8.95. The molecule has 0 atom stereocenters. The summed E-state index contributed by atoms with van der Waals surface area (Å²) >= 11 is 0. The van der Waals surface area contributed by atoms with E-state index < -0.39 is 5.97 Å². The molecule has 96 valence electrons. The molecule has 0 fully saturated rings. The summed E-state index contributed by atoms with van der Waals surface area (Å²) in [6, 6.07) is 4.89. The Kier molecular flexibility index (Phi) is 2.79. The average molecular weight is 256 g/mol. The number of carboxylic acid groups (broad SMARTS) is 1. The van der Waals surface area contributed by atoms with Gasteiger partial charge in [0.1, 0.15) is 12.4 Å². The van der Waals surface area contributed by atoms with Crippen LogP contribution in [0.4, 0.5) is 0 Å². The first-order valence-electron chi connectivity index (χ1n) is 5.91. The number of hydrogen-bond acceptors (Lipinski definition) is 4. The van der Waals surface area contributed by atoms with Crippen molar-refractivity contribution in [2.24, 2.45) is 4.99 Å². The maximum absolute atomic E-state index is 10.9. The minimum Gasteiger partial charge on any atom is -0.478 e. The minimum absolute atomic E-state index is 0.279. The Morgan fingerprint density at radius 1 is 1.42 bits per heavy atom. The van der Waals surface area contributed by atoms with Gasteiger partial charge in [-0.05, 0) is 42.3 Å². The average Bonchev–Trinajstić information content (AvgIpc) is 2.47. The van der Waals surface area contributed by atoms with Crippen LogP contribution in [0.25, 0.3) is 0 Å². The number of nitrogens with zero attached hydrogens (tertiary/aromatic N) is 2. The number of benzene rings is 1. The van der Waals surface area contributed by atoms with Gasteiger partial charge in [0.15, 0.2) is 5.88 Å². The van der Waals surface area contributed by atoms with Gasteiger partial charge in [-0.25, -0.2) is 4.79 Å². The first kappa shape index (κ1) is 11.5. The van der Waals surface area contributed by atoms with Crippen LogP contribution in [0, 0.1) is 0 Å². The molecule has 0 unspecified atom stereocenters. The molecule has 0 saturated heterocycles. The van der Waals surface area contributed by atoms with Crippen molar-refractivity contribution in [3.8, 4) is 5.75 Å². The van der Waals surface area contributed by atoms with Crippen LogP contribution in [0.1, 0.15) is 15.9 Å². The van der Waals surface area contributed by atoms with Crippen LogP contribution in [0.3, 0.4) is 0 Å². The number of aliphatic imine (C=N–C) groups is 1. The molecule has 2 heterocycles. The van der Waals surface area contributed by atoms with E-state index in [0.29, 0.717) is 18.8 Å². The number of carboxylic acids is 1. The highest BCUT2D eigenvalue weighted by atomic mass is 16.5. The second kappa shape index (κ2) is 4.61. The van der Waals surface area contributed by atoms with Crippen molar-refractivity contribution in [3.05, 3.63) is 53.6 Å². The third-order valence-corrected chi connectivity index (χ3v) is 2.99. The van der Waals surface area contributed by atoms with Gasteiger partial charge in [0, 0.05) is 12.4 Å². The fourth-order valence-corrected chi connectivity index (χ4v) is 2.03. The maximum Gasteiger partial charge on any atom is 0.335 e. The smallest absolute Gasteiger partial charge is 0.335 e. The zero-order valence-corrected chi connectivity index (χ0v) is 10.1. The summed E-state index contributed by atoms with van der Waals surface area (Å²) in [6.07, 6.45) is 8.07. The van der Waals surface area contributed by atoms with Gasteiger partial charge in [0.05, 0.1) is 5.56 Å². The lowest BCUT2D eigenvalue weighted by Gasteiger charge is -2.26. The van der Waals surface area contributed by atoms with Crippen LogP contribution in [0.5, 0.6) is 5.75 Å². The quantitative estimate of drug-likeness (QED) is 0.879. The van der Waals surface area contributed by atoms with Crippen LogP contribution >= 0.6 is 0 Å². The third kappa shape index (κ3) is 2.22. The lowest BCUT2D eigenvalue weighted by molar-refractivity contribution is 0.0696. The van der Waals surface area contributed by atoms with Crippen molar-refractivity contribution >= 4 is 12.2 Å². The van der Waals surface area contributed by atoms with Gasteiger partial charge >= 0.3 is 5.97 Å². The van der Waals surface area contributed by atoms with E-state index in [4.69, 9.17) is 9.84 Å². The number of aromatic carboxylic acids is 1. The summed E-state index contributed by atoms with van der Waals surface area (Å²) < 4.78 is 5.78. The summed E-state index contributed by atoms with van der Waals surface area (Å²) in [5.74, 6) is 0.500. The van der Waals surface area contributed by atoms with E-state index in [2.05, 4.69) is 4.99 Å². The molecular weight excluding hydrogens is 244 g/mol. The van der Waals surface area contributed by atoms with Crippen LogP contribution in [0.15, 0.2) is 47.4 Å². The van der Waals surface area contributed by atoms with Gasteiger partial charge in [0.25, 0.3) is 0 Å². The molecule has 0 radical (unpaired) electrons. The minimum atomic E-state index is -0.925. The topological polar surface area (TPSA) is 62.1 Å². The highest BCUT2D eigenvalue weighted by Crippen LogP contribution is 2.29. The maximum atomic E-state index is 10.9. The van der Waals surface area contributed by atoms with Gasteiger partial charge in [-0.1, -0.05) is 0 Å². The molecule has 1 aromatic rings. The normalized spacial score (nSPS) is 16.6. The highest BCUT2D eigenvalue weighted by Gasteiger charge is 2.18. The molecule has 5 heteroatoms. The molecule has 0 aromatic heterocycles. The summed E-state index contributed by atoms with van der Waals surface area (Å²) in [7, 11) is 0. The zero-order valence-electron chi connectivity index (χ0n) is 10.1. The molecule has 0 saturated carbocycles. The van der Waals surface area contributed by atoms with Crippen molar-refractivity contribution in [3.63, 3.8) is 0 Å². The Morgan fingerprint density at radius 2 is 2.32 bits per heavy atom. The van der Waals surface area contributed by atoms with E-state index in [1.807, 2.05) is 23.3 Å². The molecule has 0 aliphatic carbocycles. The van der Waals surface area contributed by atoms with E-state index >= 15 is 0 Å². The van der Waals surface area contributed by atoms with Gasteiger partial charge in [-0.2, -0.15) is 0 Å². The monoisotopic (exact) mass is 256 g/mol. The van der Waals surface area contributed by atoms with Crippen molar-refractivity contribution in [1.82, 2.24) is 4.90 Å². The number of fused-ring (bicyclic) bond motifs is 1. The molecule has 0 bridgehead atoms. The van der Waals surface area contributed by atoms with E-state index in [0.717, 1.165) is 11.4 Å². The Morgan fingerprint density at radius 3 is 3.05 bits per heavy atom. The predicted molar refractivity (Wildman–Crippen MR) is 70.2 cm³/mol. The van der Waals surface area contributed by atoms with Crippen molar-refractivity contribution in [2.45, 2.75) is 6.42 Å².